The molecule has 2 N–H and O–H groups in total. The summed E-state index contributed by atoms with van der Waals surface area (Å²) < 4.78 is 0. The maximum atomic E-state index is 10.9. The van der Waals surface area contributed by atoms with Crippen LogP contribution in [0.3, 0.4) is 0 Å². The molecular weight excluding hydrogens is 160 g/mol. The molecule has 0 radical (unpaired) electrons. The van der Waals surface area contributed by atoms with Crippen molar-refractivity contribution < 1.29 is 14.7 Å². The van der Waals surface area contributed by atoms with Gasteiger partial charge in [0.1, 0.15) is 6.04 Å². The lowest BCUT2D eigenvalue weighted by Crippen LogP contribution is -2.68. The van der Waals surface area contributed by atoms with E-state index in [-0.39, 0.29) is 11.9 Å². The molecule has 0 saturated carbocycles. The topological polar surface area (TPSA) is 69.6 Å². The summed E-state index contributed by atoms with van der Waals surface area (Å²) >= 11 is 0. The molecule has 2 amide bonds. The summed E-state index contributed by atoms with van der Waals surface area (Å²) in [5.74, 6) is -0.202. The Labute approximate surface area is 70.4 Å². The third-order valence-electron chi connectivity index (χ3n) is 2.14. The lowest BCUT2D eigenvalue weighted by Gasteiger charge is -2.40. The fourth-order valence-electron chi connectivity index (χ4n) is 1.32. The Morgan fingerprint density at radius 1 is 1.75 bits per heavy atom. The maximum Gasteiger partial charge on any atom is 0.407 e. The molecule has 5 nitrogen and oxygen atoms in total. The zero-order valence-corrected chi connectivity index (χ0v) is 7.07. The quantitative estimate of drug-likeness (QED) is 0.570. The van der Waals surface area contributed by atoms with Gasteiger partial charge in [-0.1, -0.05) is 6.92 Å². The summed E-state index contributed by atoms with van der Waals surface area (Å²) in [4.78, 5) is 22.5. The molecule has 1 rings (SSSR count). The molecule has 1 aliphatic rings. The molecule has 0 aromatic heterocycles. The predicted molar refractivity (Wildman–Crippen MR) is 41.8 cm³/mol. The van der Waals surface area contributed by atoms with E-state index in [9.17, 15) is 9.59 Å². The first-order chi connectivity index (χ1) is 5.57. The van der Waals surface area contributed by atoms with Crippen LogP contribution >= 0.6 is 0 Å². The van der Waals surface area contributed by atoms with Crippen LogP contribution in [0.5, 0.6) is 0 Å². The highest BCUT2D eigenvalue weighted by Crippen LogP contribution is 2.15. The van der Waals surface area contributed by atoms with Gasteiger partial charge in [-0.15, -0.1) is 0 Å². The van der Waals surface area contributed by atoms with Crippen molar-refractivity contribution in [2.75, 3.05) is 7.05 Å². The third-order valence-corrected chi connectivity index (χ3v) is 2.14. The van der Waals surface area contributed by atoms with Crippen LogP contribution in [-0.4, -0.2) is 41.1 Å². The molecule has 0 spiro atoms. The Bertz CT molecular complexity index is 217. The van der Waals surface area contributed by atoms with Crippen LogP contribution in [0, 0.1) is 0 Å². The van der Waals surface area contributed by atoms with E-state index >= 15 is 0 Å². The van der Waals surface area contributed by atoms with Crippen molar-refractivity contribution in [1.82, 2.24) is 10.2 Å². The highest BCUT2D eigenvalue weighted by Gasteiger charge is 2.42. The number of nitrogens with one attached hydrogen (secondary N) is 1. The van der Waals surface area contributed by atoms with E-state index < -0.39 is 12.1 Å². The predicted octanol–water partition coefficient (Wildman–Crippen LogP) is -0.127. The molecule has 0 aromatic carbocycles. The maximum absolute atomic E-state index is 10.9. The van der Waals surface area contributed by atoms with E-state index in [1.165, 1.54) is 7.05 Å². The molecule has 1 aliphatic heterocycles. The van der Waals surface area contributed by atoms with Gasteiger partial charge in [0.25, 0.3) is 0 Å². The van der Waals surface area contributed by atoms with Crippen LogP contribution in [0.2, 0.25) is 0 Å². The summed E-state index contributed by atoms with van der Waals surface area (Å²) in [5.41, 5.74) is 0. The molecule has 5 heteroatoms. The van der Waals surface area contributed by atoms with Crippen molar-refractivity contribution in [3.05, 3.63) is 0 Å². The molecule has 0 unspecified atom stereocenters. The van der Waals surface area contributed by atoms with Crippen LogP contribution in [0.25, 0.3) is 0 Å². The normalized spacial score (nSPS) is 27.3. The minimum Gasteiger partial charge on any atom is -0.465 e. The Balaban J connectivity index is 2.60. The minimum atomic E-state index is -1.06. The fourth-order valence-corrected chi connectivity index (χ4v) is 1.32. The molecule has 1 fully saturated rings. The van der Waals surface area contributed by atoms with Gasteiger partial charge in [0, 0.05) is 7.05 Å². The number of hydrogen-bond donors (Lipinski definition) is 2. The van der Waals surface area contributed by atoms with Crippen LogP contribution in [0.4, 0.5) is 4.79 Å². The second-order valence-corrected chi connectivity index (χ2v) is 2.86. The number of amides is 2. The van der Waals surface area contributed by atoms with Crippen molar-refractivity contribution in [3.63, 3.8) is 0 Å². The second-order valence-electron chi connectivity index (χ2n) is 2.86. The zero-order valence-electron chi connectivity index (χ0n) is 7.07. The largest absolute Gasteiger partial charge is 0.465 e. The van der Waals surface area contributed by atoms with E-state index in [0.29, 0.717) is 0 Å². The first kappa shape index (κ1) is 8.83. The molecular formula is C7H12N2O3. The number of carbonyl (C=O) groups excluding carboxylic acids is 1. The van der Waals surface area contributed by atoms with Crippen molar-refractivity contribution >= 4 is 12.0 Å². The summed E-state index contributed by atoms with van der Waals surface area (Å²) in [6.07, 6.45) is -0.304. The average molecular weight is 172 g/mol. The molecule has 0 aromatic rings. The lowest BCUT2D eigenvalue weighted by molar-refractivity contribution is -0.135. The van der Waals surface area contributed by atoms with Crippen molar-refractivity contribution in [2.45, 2.75) is 25.4 Å². The van der Waals surface area contributed by atoms with E-state index in [1.54, 1.807) is 0 Å². The number of rotatable bonds is 2. The van der Waals surface area contributed by atoms with Crippen molar-refractivity contribution in [3.8, 4) is 0 Å². The van der Waals surface area contributed by atoms with Crippen LogP contribution < -0.4 is 5.32 Å². The van der Waals surface area contributed by atoms with Gasteiger partial charge in [-0.2, -0.15) is 0 Å². The van der Waals surface area contributed by atoms with Gasteiger partial charge >= 0.3 is 6.09 Å². The highest BCUT2D eigenvalue weighted by molar-refractivity contribution is 5.91. The molecule has 68 valence electrons. The SMILES string of the molecule is CC[C@@H]1NC(=O)[C@H]1N(C)C(=O)O. The lowest BCUT2D eigenvalue weighted by atomic mass is 9.95. The monoisotopic (exact) mass is 172 g/mol. The molecule has 1 heterocycles. The second kappa shape index (κ2) is 3.00. The van der Waals surface area contributed by atoms with Crippen molar-refractivity contribution in [1.29, 1.82) is 0 Å². The summed E-state index contributed by atoms with van der Waals surface area (Å²) in [6, 6.07) is -0.508. The average Bonchev–Trinajstić information content (AvgIpc) is 1.99. The van der Waals surface area contributed by atoms with Gasteiger partial charge in [-0.25, -0.2) is 4.79 Å². The summed E-state index contributed by atoms with van der Waals surface area (Å²) in [7, 11) is 1.41. The molecule has 0 aliphatic carbocycles. The Morgan fingerprint density at radius 3 is 2.67 bits per heavy atom. The minimum absolute atomic E-state index is 0.0152. The van der Waals surface area contributed by atoms with Gasteiger partial charge in [0.05, 0.1) is 6.04 Å². The first-order valence-electron chi connectivity index (χ1n) is 3.84. The number of hydrogen-bond acceptors (Lipinski definition) is 2. The van der Waals surface area contributed by atoms with E-state index in [0.717, 1.165) is 11.3 Å². The highest BCUT2D eigenvalue weighted by atomic mass is 16.4. The standard InChI is InChI=1S/C7H12N2O3/c1-3-4-5(6(10)8-4)9(2)7(11)12/h4-5H,3H2,1-2H3,(H,8,10)(H,11,12)/t4-,5-/m0/s1. The van der Waals surface area contributed by atoms with Gasteiger partial charge in [-0.05, 0) is 6.42 Å². The van der Waals surface area contributed by atoms with Gasteiger partial charge in [0.2, 0.25) is 5.91 Å². The zero-order chi connectivity index (χ0) is 9.30. The van der Waals surface area contributed by atoms with E-state index in [1.807, 2.05) is 6.92 Å². The third kappa shape index (κ3) is 1.22. The Kier molecular flexibility index (Phi) is 2.21. The molecule has 12 heavy (non-hydrogen) atoms. The number of carboxylic acid groups (broad SMARTS) is 1. The van der Waals surface area contributed by atoms with Crippen LogP contribution in [0.15, 0.2) is 0 Å². The first-order valence-corrected chi connectivity index (χ1v) is 3.84. The summed E-state index contributed by atoms with van der Waals surface area (Å²) in [6.45, 7) is 1.91. The van der Waals surface area contributed by atoms with E-state index in [2.05, 4.69) is 5.32 Å². The van der Waals surface area contributed by atoms with E-state index in [4.69, 9.17) is 5.11 Å². The molecule has 0 bridgehead atoms. The molecule has 1 saturated heterocycles. The van der Waals surface area contributed by atoms with Gasteiger partial charge in [-0.3, -0.25) is 9.69 Å². The summed E-state index contributed by atoms with van der Waals surface area (Å²) in [5, 5.41) is 11.2. The fraction of sp³-hybridized carbons (Fsp3) is 0.714. The van der Waals surface area contributed by atoms with Crippen molar-refractivity contribution in [2.24, 2.45) is 0 Å². The Hall–Kier alpha value is -1.26. The number of carbonyl (C=O) groups is 2. The molecule has 2 atom stereocenters. The van der Waals surface area contributed by atoms with Gasteiger partial charge < -0.3 is 10.4 Å². The van der Waals surface area contributed by atoms with Gasteiger partial charge in [0.15, 0.2) is 0 Å². The smallest absolute Gasteiger partial charge is 0.407 e. The number of likely N-dealkylation sites (N-methyl/N-ethyl adjacent to an activating group) is 1. The van der Waals surface area contributed by atoms with Crippen LogP contribution in [-0.2, 0) is 4.79 Å². The van der Waals surface area contributed by atoms with Crippen LogP contribution in [0.1, 0.15) is 13.3 Å². The Morgan fingerprint density at radius 2 is 2.33 bits per heavy atom. The number of nitrogens with zero attached hydrogens (tertiary/aromatic N) is 1. The number of β-lactam (4-membered cyclic amide) rings is 1.